The van der Waals surface area contributed by atoms with Gasteiger partial charge in [0.1, 0.15) is 0 Å². The Kier molecular flexibility index (Phi) is 6.26. The molecule has 0 atom stereocenters. The summed E-state index contributed by atoms with van der Waals surface area (Å²) in [5.41, 5.74) is 1.06. The average molecular weight is 230 g/mol. The van der Waals surface area contributed by atoms with Gasteiger partial charge in [-0.15, -0.1) is 0 Å². The van der Waals surface area contributed by atoms with E-state index in [0.717, 1.165) is 5.52 Å². The van der Waals surface area contributed by atoms with Crippen LogP contribution in [0.2, 0.25) is 0 Å². The molecule has 0 amide bonds. The van der Waals surface area contributed by atoms with E-state index in [9.17, 15) is 0 Å². The first-order valence-electron chi connectivity index (χ1n) is 6.33. The van der Waals surface area contributed by atoms with Crippen molar-refractivity contribution in [2.24, 2.45) is 0 Å². The third-order valence-electron chi connectivity index (χ3n) is 2.85. The Morgan fingerprint density at radius 2 is 1.47 bits per heavy atom. The lowest BCUT2D eigenvalue weighted by Crippen LogP contribution is -2.21. The number of hydrogen-bond donors (Lipinski definition) is 0. The molecule has 0 saturated heterocycles. The van der Waals surface area contributed by atoms with Gasteiger partial charge in [-0.3, -0.25) is 4.98 Å². The molecule has 1 aromatic carbocycles. The predicted octanol–water partition coefficient (Wildman–Crippen LogP) is 3.58. The van der Waals surface area contributed by atoms with E-state index in [2.05, 4.69) is 42.8 Å². The summed E-state index contributed by atoms with van der Waals surface area (Å²) in [5.74, 6) is 0. The Bertz CT molecular complexity index is 351. The lowest BCUT2D eigenvalue weighted by molar-refractivity contribution is 0.321. The largest absolute Gasteiger partial charge is 0.304 e. The number of benzene rings is 1. The molecular weight excluding hydrogens is 208 g/mol. The summed E-state index contributed by atoms with van der Waals surface area (Å²) < 4.78 is 0. The summed E-state index contributed by atoms with van der Waals surface area (Å²) >= 11 is 0. The number of rotatable bonds is 3. The molecule has 0 fully saturated rings. The number of para-hydroxylation sites is 1. The first-order valence-corrected chi connectivity index (χ1v) is 6.33. The quantitative estimate of drug-likeness (QED) is 0.801. The van der Waals surface area contributed by atoms with Gasteiger partial charge in [0.25, 0.3) is 0 Å². The van der Waals surface area contributed by atoms with E-state index in [-0.39, 0.29) is 0 Å². The third kappa shape index (κ3) is 4.53. The second-order valence-corrected chi connectivity index (χ2v) is 3.82. The van der Waals surface area contributed by atoms with Crippen molar-refractivity contribution in [1.29, 1.82) is 0 Å². The van der Waals surface area contributed by atoms with Crippen LogP contribution in [0.1, 0.15) is 20.8 Å². The highest BCUT2D eigenvalue weighted by Crippen LogP contribution is 2.07. The minimum atomic E-state index is 1.06. The molecular formula is C15H22N2. The SMILES string of the molecule is CCN(CC)CC.c1ccc2ncccc2c1. The van der Waals surface area contributed by atoms with Crippen LogP contribution in [0.5, 0.6) is 0 Å². The molecule has 0 aliphatic rings. The number of fused-ring (bicyclic) bond motifs is 1. The van der Waals surface area contributed by atoms with Gasteiger partial charge in [0.05, 0.1) is 5.52 Å². The van der Waals surface area contributed by atoms with E-state index in [4.69, 9.17) is 0 Å². The number of nitrogens with zero attached hydrogens (tertiary/aromatic N) is 2. The molecule has 0 spiro atoms. The zero-order valence-electron chi connectivity index (χ0n) is 11.1. The molecule has 0 aliphatic carbocycles. The topological polar surface area (TPSA) is 16.1 Å². The fourth-order valence-corrected chi connectivity index (χ4v) is 1.69. The van der Waals surface area contributed by atoms with E-state index < -0.39 is 0 Å². The lowest BCUT2D eigenvalue weighted by Gasteiger charge is -2.13. The summed E-state index contributed by atoms with van der Waals surface area (Å²) in [7, 11) is 0. The van der Waals surface area contributed by atoms with E-state index in [1.807, 2.05) is 30.5 Å². The maximum atomic E-state index is 4.18. The fraction of sp³-hybridized carbons (Fsp3) is 0.400. The normalized spacial score (nSPS) is 10.1. The van der Waals surface area contributed by atoms with Crippen molar-refractivity contribution in [2.45, 2.75) is 20.8 Å². The fourth-order valence-electron chi connectivity index (χ4n) is 1.69. The van der Waals surface area contributed by atoms with Gasteiger partial charge in [-0.25, -0.2) is 0 Å². The van der Waals surface area contributed by atoms with Crippen molar-refractivity contribution in [3.8, 4) is 0 Å². The maximum absolute atomic E-state index is 4.18. The van der Waals surface area contributed by atoms with Crippen molar-refractivity contribution in [2.75, 3.05) is 19.6 Å². The molecule has 1 aromatic heterocycles. The smallest absolute Gasteiger partial charge is 0.0701 e. The Morgan fingerprint density at radius 3 is 2.00 bits per heavy atom. The molecule has 2 heteroatoms. The van der Waals surface area contributed by atoms with Crippen LogP contribution in [0, 0.1) is 0 Å². The molecule has 0 unspecified atom stereocenters. The zero-order chi connectivity index (χ0) is 12.5. The van der Waals surface area contributed by atoms with Gasteiger partial charge in [0.15, 0.2) is 0 Å². The molecule has 0 aliphatic heterocycles. The highest BCUT2D eigenvalue weighted by molar-refractivity contribution is 5.77. The second kappa shape index (κ2) is 7.80. The van der Waals surface area contributed by atoms with Gasteiger partial charge in [-0.05, 0) is 31.8 Å². The van der Waals surface area contributed by atoms with Gasteiger partial charge in [-0.2, -0.15) is 0 Å². The van der Waals surface area contributed by atoms with Crippen LogP contribution in [0.3, 0.4) is 0 Å². The molecule has 0 bridgehead atoms. The molecule has 2 nitrogen and oxygen atoms in total. The van der Waals surface area contributed by atoms with Crippen LogP contribution in [0.15, 0.2) is 42.6 Å². The van der Waals surface area contributed by atoms with E-state index in [0.29, 0.717) is 0 Å². The first-order chi connectivity index (χ1) is 8.31. The molecule has 1 heterocycles. The van der Waals surface area contributed by atoms with Crippen molar-refractivity contribution in [3.63, 3.8) is 0 Å². The Balaban J connectivity index is 0.000000185. The summed E-state index contributed by atoms with van der Waals surface area (Å²) in [6, 6.07) is 12.1. The third-order valence-corrected chi connectivity index (χ3v) is 2.85. The van der Waals surface area contributed by atoms with Gasteiger partial charge < -0.3 is 4.90 Å². The summed E-state index contributed by atoms with van der Waals surface area (Å²) in [5, 5.41) is 1.20. The Hall–Kier alpha value is -1.41. The minimum Gasteiger partial charge on any atom is -0.304 e. The molecule has 0 radical (unpaired) electrons. The van der Waals surface area contributed by atoms with Crippen LogP contribution in [0.4, 0.5) is 0 Å². The summed E-state index contributed by atoms with van der Waals surface area (Å²) in [6.07, 6.45) is 1.81. The molecule has 2 rings (SSSR count). The molecule has 0 N–H and O–H groups in total. The average Bonchev–Trinajstić information content (AvgIpc) is 2.42. The van der Waals surface area contributed by atoms with Crippen molar-refractivity contribution < 1.29 is 0 Å². The van der Waals surface area contributed by atoms with Crippen LogP contribution in [0.25, 0.3) is 10.9 Å². The van der Waals surface area contributed by atoms with Crippen LogP contribution in [-0.4, -0.2) is 29.5 Å². The monoisotopic (exact) mass is 230 g/mol. The summed E-state index contributed by atoms with van der Waals surface area (Å²) in [6.45, 7) is 10.1. The Labute approximate surface area is 104 Å². The number of aromatic nitrogens is 1. The minimum absolute atomic E-state index is 1.06. The van der Waals surface area contributed by atoms with Crippen LogP contribution in [-0.2, 0) is 0 Å². The second-order valence-electron chi connectivity index (χ2n) is 3.82. The number of hydrogen-bond acceptors (Lipinski definition) is 2. The van der Waals surface area contributed by atoms with Gasteiger partial charge in [0.2, 0.25) is 0 Å². The first kappa shape index (κ1) is 13.7. The highest BCUT2D eigenvalue weighted by Gasteiger charge is 1.89. The van der Waals surface area contributed by atoms with Crippen molar-refractivity contribution in [3.05, 3.63) is 42.6 Å². The van der Waals surface area contributed by atoms with Crippen molar-refractivity contribution in [1.82, 2.24) is 9.88 Å². The van der Waals surface area contributed by atoms with Gasteiger partial charge in [-0.1, -0.05) is 45.0 Å². The van der Waals surface area contributed by atoms with Crippen molar-refractivity contribution >= 4 is 10.9 Å². The van der Waals surface area contributed by atoms with Crippen LogP contribution >= 0.6 is 0 Å². The zero-order valence-corrected chi connectivity index (χ0v) is 11.1. The Morgan fingerprint density at radius 1 is 0.882 bits per heavy atom. The molecule has 17 heavy (non-hydrogen) atoms. The molecule has 0 saturated carbocycles. The number of pyridine rings is 1. The van der Waals surface area contributed by atoms with E-state index in [1.54, 1.807) is 0 Å². The van der Waals surface area contributed by atoms with Gasteiger partial charge >= 0.3 is 0 Å². The van der Waals surface area contributed by atoms with E-state index in [1.165, 1.54) is 25.0 Å². The predicted molar refractivity (Wildman–Crippen MR) is 75.2 cm³/mol. The lowest BCUT2D eigenvalue weighted by atomic mass is 10.2. The molecule has 92 valence electrons. The van der Waals surface area contributed by atoms with E-state index >= 15 is 0 Å². The van der Waals surface area contributed by atoms with Crippen LogP contribution < -0.4 is 0 Å². The standard InChI is InChI=1S/C9H7N.C6H15N/c1-2-6-9-8(4-1)5-3-7-10-9;1-4-7(5-2)6-3/h1-7H;4-6H2,1-3H3. The maximum Gasteiger partial charge on any atom is 0.0701 e. The van der Waals surface area contributed by atoms with Gasteiger partial charge in [0, 0.05) is 11.6 Å². The highest BCUT2D eigenvalue weighted by atomic mass is 15.1. The summed E-state index contributed by atoms with van der Waals surface area (Å²) in [4.78, 5) is 6.56. The molecule has 2 aromatic rings.